The summed E-state index contributed by atoms with van der Waals surface area (Å²) in [5, 5.41) is 23.3. The summed E-state index contributed by atoms with van der Waals surface area (Å²) in [6.45, 7) is 1.96. The number of aromatic hydroxyl groups is 1. The lowest BCUT2D eigenvalue weighted by Crippen LogP contribution is -2.78. The SMILES string of the molecule is CN(C(=O)/C=C/c1ccoc1)C1CC[C@@]2(O)[C@H]3Cc4ccc(O)c5c4[C@@]2(CCN3CC2CC2)C1O5. The molecule has 7 heteroatoms. The molecule has 1 amide bonds. The minimum absolute atomic E-state index is 0.0360. The number of rotatable bonds is 5. The van der Waals surface area contributed by atoms with Crippen LogP contribution in [-0.2, 0) is 16.6 Å². The largest absolute Gasteiger partial charge is 0.504 e. The van der Waals surface area contributed by atoms with Gasteiger partial charge in [-0.15, -0.1) is 0 Å². The van der Waals surface area contributed by atoms with Crippen molar-refractivity contribution < 1.29 is 24.2 Å². The van der Waals surface area contributed by atoms with Crippen molar-refractivity contribution in [3.63, 3.8) is 0 Å². The molecular formula is C28H32N2O5. The number of furan rings is 1. The molecule has 3 aliphatic carbocycles. The number of likely N-dealkylation sites (N-methyl/N-ethyl adjacent to an activating group) is 1. The second-order valence-corrected chi connectivity index (χ2v) is 11.2. The molecule has 1 aromatic carbocycles. The maximum absolute atomic E-state index is 13.2. The van der Waals surface area contributed by atoms with Gasteiger partial charge in [0.05, 0.1) is 29.6 Å². The molecule has 1 saturated heterocycles. The van der Waals surface area contributed by atoms with Crippen LogP contribution in [0.15, 0.2) is 41.2 Å². The Morgan fingerprint density at radius 2 is 2.11 bits per heavy atom. The average molecular weight is 477 g/mol. The van der Waals surface area contributed by atoms with Gasteiger partial charge < -0.3 is 24.3 Å². The van der Waals surface area contributed by atoms with Crippen LogP contribution in [0.25, 0.3) is 6.08 Å². The Kier molecular flexibility index (Phi) is 4.53. The zero-order valence-electron chi connectivity index (χ0n) is 20.0. The Hall–Kier alpha value is -2.77. The highest BCUT2D eigenvalue weighted by Gasteiger charge is 2.73. The maximum atomic E-state index is 13.2. The lowest BCUT2D eigenvalue weighted by Gasteiger charge is -2.64. The highest BCUT2D eigenvalue weighted by molar-refractivity contribution is 5.91. The summed E-state index contributed by atoms with van der Waals surface area (Å²) in [5.74, 6) is 1.28. The standard InChI is InChI=1S/C28H32N2O5/c1-29(23(32)7-4-18-9-13-34-16-18)20-8-10-28(33)22-14-19-5-6-21(31)25-24(19)27(28,26(20)35-25)11-12-30(22)15-17-2-3-17/h4-7,9,13,16-17,20,22,26,31,33H,2-3,8,10-12,14-15H2,1H3/b7-4+/t20?,22-,26?,27+,28-/m1/s1. The molecule has 5 aliphatic rings. The van der Waals surface area contributed by atoms with Gasteiger partial charge >= 0.3 is 0 Å². The van der Waals surface area contributed by atoms with Crippen molar-refractivity contribution in [2.75, 3.05) is 20.1 Å². The third kappa shape index (κ3) is 2.88. The van der Waals surface area contributed by atoms with E-state index in [4.69, 9.17) is 9.15 Å². The Balaban J connectivity index is 1.28. The van der Waals surface area contributed by atoms with Gasteiger partial charge in [-0.25, -0.2) is 0 Å². The van der Waals surface area contributed by atoms with Crippen LogP contribution in [0, 0.1) is 5.92 Å². The summed E-state index contributed by atoms with van der Waals surface area (Å²) in [6.07, 6.45) is 11.5. The number of piperidine rings is 1. The minimum Gasteiger partial charge on any atom is -0.504 e. The minimum atomic E-state index is -0.941. The van der Waals surface area contributed by atoms with Gasteiger partial charge in [0.2, 0.25) is 5.91 Å². The molecule has 3 heterocycles. The summed E-state index contributed by atoms with van der Waals surface area (Å²) in [4.78, 5) is 17.5. The number of hydrogen-bond donors (Lipinski definition) is 2. The first-order chi connectivity index (χ1) is 16.9. The average Bonchev–Trinajstić information content (AvgIpc) is 3.36. The Morgan fingerprint density at radius 3 is 2.89 bits per heavy atom. The van der Waals surface area contributed by atoms with E-state index in [0.29, 0.717) is 18.6 Å². The number of ether oxygens (including phenoxy) is 1. The normalized spacial score (nSPS) is 35.1. The van der Waals surface area contributed by atoms with E-state index >= 15 is 0 Å². The highest BCUT2D eigenvalue weighted by Crippen LogP contribution is 2.66. The third-order valence-electron chi connectivity index (χ3n) is 9.54. The lowest BCUT2D eigenvalue weighted by molar-refractivity contribution is -0.200. The molecule has 1 aromatic heterocycles. The van der Waals surface area contributed by atoms with Crippen molar-refractivity contribution in [2.45, 2.75) is 67.7 Å². The quantitative estimate of drug-likeness (QED) is 0.645. The van der Waals surface area contributed by atoms with E-state index in [2.05, 4.69) is 4.90 Å². The van der Waals surface area contributed by atoms with Gasteiger partial charge in [-0.05, 0) is 74.8 Å². The number of aliphatic hydroxyl groups is 1. The molecule has 2 aliphatic heterocycles. The molecule has 7 nitrogen and oxygen atoms in total. The first kappa shape index (κ1) is 21.5. The van der Waals surface area contributed by atoms with Gasteiger partial charge in [-0.1, -0.05) is 6.07 Å². The van der Waals surface area contributed by atoms with Crippen molar-refractivity contribution >= 4 is 12.0 Å². The van der Waals surface area contributed by atoms with Crippen LogP contribution < -0.4 is 4.74 Å². The predicted molar refractivity (Wildman–Crippen MR) is 129 cm³/mol. The number of nitrogens with zero attached hydrogens (tertiary/aromatic N) is 2. The second-order valence-electron chi connectivity index (χ2n) is 11.2. The Bertz CT molecular complexity index is 1200. The molecular weight excluding hydrogens is 444 g/mol. The number of carbonyl (C=O) groups excluding carboxylic acids is 1. The number of phenolic OH excluding ortho intramolecular Hbond substituents is 1. The van der Waals surface area contributed by atoms with E-state index in [1.54, 1.807) is 35.6 Å². The van der Waals surface area contributed by atoms with Crippen LogP contribution in [0.3, 0.4) is 0 Å². The van der Waals surface area contributed by atoms with Gasteiger partial charge in [0.15, 0.2) is 11.5 Å². The van der Waals surface area contributed by atoms with Crippen LogP contribution in [0.2, 0.25) is 0 Å². The smallest absolute Gasteiger partial charge is 0.246 e. The van der Waals surface area contributed by atoms with Crippen LogP contribution >= 0.6 is 0 Å². The molecule has 7 rings (SSSR count). The zero-order valence-corrected chi connectivity index (χ0v) is 20.0. The van der Waals surface area contributed by atoms with Crippen molar-refractivity contribution in [1.82, 2.24) is 9.80 Å². The van der Waals surface area contributed by atoms with E-state index < -0.39 is 17.1 Å². The Labute approximate surface area is 205 Å². The fraction of sp³-hybridized carbons (Fsp3) is 0.536. The van der Waals surface area contributed by atoms with E-state index in [1.807, 2.05) is 19.2 Å². The Morgan fingerprint density at radius 1 is 1.26 bits per heavy atom. The zero-order chi connectivity index (χ0) is 23.9. The third-order valence-corrected chi connectivity index (χ3v) is 9.54. The summed E-state index contributed by atoms with van der Waals surface area (Å²) >= 11 is 0. The molecule has 0 radical (unpaired) electrons. The first-order valence-corrected chi connectivity index (χ1v) is 12.9. The number of hydrogen-bond acceptors (Lipinski definition) is 6. The molecule has 2 saturated carbocycles. The highest BCUT2D eigenvalue weighted by atomic mass is 16.5. The summed E-state index contributed by atoms with van der Waals surface area (Å²) < 4.78 is 11.7. The molecule has 184 valence electrons. The number of amides is 1. The first-order valence-electron chi connectivity index (χ1n) is 12.9. The molecule has 5 atom stereocenters. The summed E-state index contributed by atoms with van der Waals surface area (Å²) in [6, 6.07) is 5.38. The molecule has 2 bridgehead atoms. The molecule has 3 fully saturated rings. The number of likely N-dealkylation sites (tertiary alicyclic amines) is 1. The number of benzene rings is 1. The predicted octanol–water partition coefficient (Wildman–Crippen LogP) is 3.09. The summed E-state index contributed by atoms with van der Waals surface area (Å²) in [5.41, 5.74) is 1.44. The molecule has 2 aromatic rings. The number of phenols is 1. The van der Waals surface area contributed by atoms with Crippen molar-refractivity contribution in [3.05, 3.63) is 53.5 Å². The second kappa shape index (κ2) is 7.37. The molecule has 2 N–H and O–H groups in total. The maximum Gasteiger partial charge on any atom is 0.246 e. The molecule has 1 spiro atoms. The fourth-order valence-electron chi connectivity index (χ4n) is 7.67. The van der Waals surface area contributed by atoms with Crippen molar-refractivity contribution in [1.29, 1.82) is 0 Å². The molecule has 35 heavy (non-hydrogen) atoms. The fourth-order valence-corrected chi connectivity index (χ4v) is 7.67. The van der Waals surface area contributed by atoms with Gasteiger partial charge in [-0.3, -0.25) is 9.69 Å². The van der Waals surface area contributed by atoms with Gasteiger partial charge in [0.25, 0.3) is 0 Å². The van der Waals surface area contributed by atoms with E-state index in [9.17, 15) is 15.0 Å². The van der Waals surface area contributed by atoms with Crippen LogP contribution in [0.5, 0.6) is 11.5 Å². The van der Waals surface area contributed by atoms with Crippen LogP contribution in [0.1, 0.15) is 48.8 Å². The lowest BCUT2D eigenvalue weighted by atomic mass is 9.48. The van der Waals surface area contributed by atoms with E-state index in [0.717, 1.165) is 43.0 Å². The van der Waals surface area contributed by atoms with E-state index in [1.165, 1.54) is 18.4 Å². The topological polar surface area (TPSA) is 86.4 Å². The molecule has 2 unspecified atom stereocenters. The van der Waals surface area contributed by atoms with Crippen molar-refractivity contribution in [3.8, 4) is 11.5 Å². The van der Waals surface area contributed by atoms with Crippen LogP contribution in [-0.4, -0.2) is 69.8 Å². The van der Waals surface area contributed by atoms with Crippen LogP contribution in [0.4, 0.5) is 0 Å². The van der Waals surface area contributed by atoms with Gasteiger partial charge in [0.1, 0.15) is 6.10 Å². The van der Waals surface area contributed by atoms with E-state index in [-0.39, 0.29) is 23.7 Å². The van der Waals surface area contributed by atoms with Gasteiger partial charge in [0, 0.05) is 36.8 Å². The monoisotopic (exact) mass is 476 g/mol. The number of carbonyl (C=O) groups is 1. The van der Waals surface area contributed by atoms with Crippen molar-refractivity contribution in [2.24, 2.45) is 5.92 Å². The summed E-state index contributed by atoms with van der Waals surface area (Å²) in [7, 11) is 1.82. The van der Waals surface area contributed by atoms with Gasteiger partial charge in [-0.2, -0.15) is 0 Å².